The van der Waals surface area contributed by atoms with Gasteiger partial charge in [-0.05, 0) is 37.6 Å². The van der Waals surface area contributed by atoms with Gasteiger partial charge in [-0.1, -0.05) is 12.1 Å². The van der Waals surface area contributed by atoms with Crippen LogP contribution >= 0.6 is 0 Å². The van der Waals surface area contributed by atoms with Crippen LogP contribution in [0.2, 0.25) is 0 Å². The van der Waals surface area contributed by atoms with Crippen molar-refractivity contribution >= 4 is 0 Å². The number of benzene rings is 1. The summed E-state index contributed by atoms with van der Waals surface area (Å²) in [5, 5.41) is 13.8. The largest absolute Gasteiger partial charge is 0.490 e. The molecule has 1 aromatic carbocycles. The van der Waals surface area contributed by atoms with Crippen LogP contribution in [-0.4, -0.2) is 28.6 Å². The van der Waals surface area contributed by atoms with Crippen molar-refractivity contribution in [3.8, 4) is 5.75 Å². The maximum atomic E-state index is 5.73. The molecule has 1 saturated carbocycles. The fourth-order valence-corrected chi connectivity index (χ4v) is 1.95. The average molecular weight is 244 g/mol. The first-order valence-corrected chi connectivity index (χ1v) is 6.16. The van der Waals surface area contributed by atoms with E-state index in [9.17, 15) is 0 Å². The zero-order valence-electron chi connectivity index (χ0n) is 10.3. The van der Waals surface area contributed by atoms with E-state index in [1.165, 1.54) is 12.8 Å². The van der Waals surface area contributed by atoms with Crippen LogP contribution in [0.1, 0.15) is 30.1 Å². The number of aromatic amines is 1. The number of nitrogens with one attached hydrogen (secondary N) is 2. The molecule has 0 radical (unpaired) electrons. The van der Waals surface area contributed by atoms with Gasteiger partial charge in [0.25, 0.3) is 0 Å². The molecule has 5 nitrogen and oxygen atoms in total. The minimum Gasteiger partial charge on any atom is -0.490 e. The van der Waals surface area contributed by atoms with Crippen LogP contribution in [0.3, 0.4) is 0 Å². The highest BCUT2D eigenvalue weighted by Gasteiger charge is 2.23. The van der Waals surface area contributed by atoms with E-state index >= 15 is 0 Å². The van der Waals surface area contributed by atoms with Gasteiger partial charge in [0.15, 0.2) is 0 Å². The maximum Gasteiger partial charge on any atom is 0.119 e. The fraction of sp³-hybridized carbons (Fsp3) is 0.385. The van der Waals surface area contributed by atoms with Crippen molar-refractivity contribution in [2.24, 2.45) is 0 Å². The molecule has 2 aromatic rings. The van der Waals surface area contributed by atoms with Crippen LogP contribution < -0.4 is 10.1 Å². The lowest BCUT2D eigenvalue weighted by Crippen LogP contribution is -2.18. The predicted octanol–water partition coefficient (Wildman–Crippen LogP) is 1.65. The number of hydrogen-bond acceptors (Lipinski definition) is 4. The SMILES string of the molecule is CNC(c1ccc(OC2CC2)cc1)c1cn[nH]n1. The number of hydrogen-bond donors (Lipinski definition) is 2. The Morgan fingerprint density at radius 3 is 2.67 bits per heavy atom. The van der Waals surface area contributed by atoms with Crippen molar-refractivity contribution < 1.29 is 4.74 Å². The van der Waals surface area contributed by atoms with Crippen molar-refractivity contribution in [3.63, 3.8) is 0 Å². The molecule has 94 valence electrons. The molecule has 1 heterocycles. The molecule has 1 aromatic heterocycles. The fourth-order valence-electron chi connectivity index (χ4n) is 1.95. The summed E-state index contributed by atoms with van der Waals surface area (Å²) in [7, 11) is 1.91. The molecule has 1 fully saturated rings. The average Bonchev–Trinajstić information content (AvgIpc) is 3.05. The Hall–Kier alpha value is -1.88. The Morgan fingerprint density at radius 1 is 1.33 bits per heavy atom. The molecular formula is C13H16N4O. The summed E-state index contributed by atoms with van der Waals surface area (Å²) < 4.78 is 5.73. The molecule has 5 heteroatoms. The van der Waals surface area contributed by atoms with Crippen LogP contribution in [-0.2, 0) is 0 Å². The molecule has 2 N–H and O–H groups in total. The Morgan fingerprint density at radius 2 is 2.11 bits per heavy atom. The van der Waals surface area contributed by atoms with Crippen LogP contribution in [0.15, 0.2) is 30.5 Å². The summed E-state index contributed by atoms with van der Waals surface area (Å²) in [6.07, 6.45) is 4.53. The second kappa shape index (κ2) is 4.78. The highest BCUT2D eigenvalue weighted by molar-refractivity contribution is 5.32. The summed E-state index contributed by atoms with van der Waals surface area (Å²) >= 11 is 0. The standard InChI is InChI=1S/C13H16N4O/c1-14-13(12-8-15-17-16-12)9-2-4-10(5-3-9)18-11-6-7-11/h2-5,8,11,13-14H,6-7H2,1H3,(H,15,16,17). The van der Waals surface area contributed by atoms with Gasteiger partial charge in [0.05, 0.1) is 18.3 Å². The van der Waals surface area contributed by atoms with Gasteiger partial charge in [-0.15, -0.1) is 0 Å². The van der Waals surface area contributed by atoms with Crippen LogP contribution in [0.4, 0.5) is 0 Å². The summed E-state index contributed by atoms with van der Waals surface area (Å²) in [6, 6.07) is 8.20. The van der Waals surface area contributed by atoms with Crippen molar-refractivity contribution in [2.75, 3.05) is 7.05 Å². The molecule has 1 unspecified atom stereocenters. The maximum absolute atomic E-state index is 5.73. The monoisotopic (exact) mass is 244 g/mol. The van der Waals surface area contributed by atoms with Crippen LogP contribution in [0.5, 0.6) is 5.75 Å². The zero-order chi connectivity index (χ0) is 12.4. The third-order valence-corrected chi connectivity index (χ3v) is 3.06. The van der Waals surface area contributed by atoms with Crippen LogP contribution in [0, 0.1) is 0 Å². The van der Waals surface area contributed by atoms with E-state index in [1.807, 2.05) is 19.2 Å². The van der Waals surface area contributed by atoms with Gasteiger partial charge in [0.1, 0.15) is 11.4 Å². The van der Waals surface area contributed by atoms with E-state index in [-0.39, 0.29) is 6.04 Å². The first kappa shape index (κ1) is 11.2. The topological polar surface area (TPSA) is 62.8 Å². The van der Waals surface area contributed by atoms with E-state index in [1.54, 1.807) is 6.20 Å². The molecule has 1 atom stereocenters. The summed E-state index contributed by atoms with van der Waals surface area (Å²) in [6.45, 7) is 0. The smallest absolute Gasteiger partial charge is 0.119 e. The van der Waals surface area contributed by atoms with E-state index in [2.05, 4.69) is 32.9 Å². The number of rotatable bonds is 5. The van der Waals surface area contributed by atoms with E-state index in [0.717, 1.165) is 17.0 Å². The first-order valence-electron chi connectivity index (χ1n) is 6.16. The lowest BCUT2D eigenvalue weighted by atomic mass is 10.0. The lowest BCUT2D eigenvalue weighted by molar-refractivity contribution is 0.303. The van der Waals surface area contributed by atoms with E-state index in [4.69, 9.17) is 4.74 Å². The van der Waals surface area contributed by atoms with E-state index < -0.39 is 0 Å². The summed E-state index contributed by atoms with van der Waals surface area (Å²) in [5.74, 6) is 0.941. The first-order chi connectivity index (χ1) is 8.86. The van der Waals surface area contributed by atoms with Gasteiger partial charge in [0.2, 0.25) is 0 Å². The van der Waals surface area contributed by atoms with Crippen molar-refractivity contribution in [1.82, 2.24) is 20.7 Å². The molecule has 0 amide bonds. The highest BCUT2D eigenvalue weighted by atomic mass is 16.5. The molecule has 0 saturated heterocycles. The second-order valence-corrected chi connectivity index (χ2v) is 4.50. The molecular weight excluding hydrogens is 228 g/mol. The van der Waals surface area contributed by atoms with Crippen molar-refractivity contribution in [2.45, 2.75) is 25.0 Å². The quantitative estimate of drug-likeness (QED) is 0.839. The highest BCUT2D eigenvalue weighted by Crippen LogP contribution is 2.28. The zero-order valence-corrected chi connectivity index (χ0v) is 10.3. The van der Waals surface area contributed by atoms with E-state index in [0.29, 0.717) is 6.10 Å². The minimum atomic E-state index is 0.0544. The molecule has 0 spiro atoms. The molecule has 0 aliphatic heterocycles. The van der Waals surface area contributed by atoms with Gasteiger partial charge in [0, 0.05) is 0 Å². The van der Waals surface area contributed by atoms with Gasteiger partial charge in [-0.2, -0.15) is 15.4 Å². The predicted molar refractivity (Wildman–Crippen MR) is 67.4 cm³/mol. The second-order valence-electron chi connectivity index (χ2n) is 4.50. The Balaban J connectivity index is 1.77. The molecule has 3 rings (SSSR count). The number of H-pyrrole nitrogens is 1. The molecule has 1 aliphatic carbocycles. The Bertz CT molecular complexity index is 490. The van der Waals surface area contributed by atoms with Crippen LogP contribution in [0.25, 0.3) is 0 Å². The minimum absolute atomic E-state index is 0.0544. The summed E-state index contributed by atoms with van der Waals surface area (Å²) in [4.78, 5) is 0. The van der Waals surface area contributed by atoms with Gasteiger partial charge >= 0.3 is 0 Å². The third-order valence-electron chi connectivity index (χ3n) is 3.06. The molecule has 1 aliphatic rings. The van der Waals surface area contributed by atoms with Crippen molar-refractivity contribution in [1.29, 1.82) is 0 Å². The van der Waals surface area contributed by atoms with Crippen molar-refractivity contribution in [3.05, 3.63) is 41.7 Å². The van der Waals surface area contributed by atoms with Gasteiger partial charge in [-0.25, -0.2) is 0 Å². The molecule has 0 bridgehead atoms. The number of aromatic nitrogens is 3. The van der Waals surface area contributed by atoms with Gasteiger partial charge < -0.3 is 10.1 Å². The number of nitrogens with zero attached hydrogens (tertiary/aromatic N) is 2. The number of ether oxygens (including phenoxy) is 1. The molecule has 18 heavy (non-hydrogen) atoms. The normalized spacial score (nSPS) is 16.5. The van der Waals surface area contributed by atoms with Gasteiger partial charge in [-0.3, -0.25) is 0 Å². The Kier molecular flexibility index (Phi) is 2.98. The Labute approximate surface area is 106 Å². The summed E-state index contributed by atoms with van der Waals surface area (Å²) in [5.41, 5.74) is 2.03. The third kappa shape index (κ3) is 2.36. The lowest BCUT2D eigenvalue weighted by Gasteiger charge is -2.14.